The van der Waals surface area contributed by atoms with E-state index in [1.54, 1.807) is 6.92 Å². The molecule has 0 bridgehead atoms. The van der Waals surface area contributed by atoms with Crippen LogP contribution in [0.25, 0.3) is 0 Å². The number of nitrogens with one attached hydrogen (secondary N) is 1. The number of halogens is 2. The summed E-state index contributed by atoms with van der Waals surface area (Å²) in [7, 11) is -3.90. The average Bonchev–Trinajstić information content (AvgIpc) is 2.39. The van der Waals surface area contributed by atoms with Crippen molar-refractivity contribution < 1.29 is 17.6 Å². The average molecular weight is 343 g/mol. The summed E-state index contributed by atoms with van der Waals surface area (Å²) in [4.78, 5) is 12.0. The van der Waals surface area contributed by atoms with Gasteiger partial charge in [-0.2, -0.15) is 0 Å². The number of primary sulfonamides is 1. The van der Waals surface area contributed by atoms with E-state index in [1.807, 2.05) is 0 Å². The lowest BCUT2D eigenvalue weighted by molar-refractivity contribution is 0.102. The Hall–Kier alpha value is -1.96. The number of nitrogens with two attached hydrogens (primary N) is 1. The van der Waals surface area contributed by atoms with Crippen molar-refractivity contribution >= 4 is 33.2 Å². The molecule has 2 aromatic rings. The Balaban J connectivity index is 2.33. The van der Waals surface area contributed by atoms with E-state index in [1.165, 1.54) is 24.3 Å². The summed E-state index contributed by atoms with van der Waals surface area (Å²) in [6.45, 7) is 1.59. The number of amides is 1. The van der Waals surface area contributed by atoms with Gasteiger partial charge in [-0.05, 0) is 42.8 Å². The van der Waals surface area contributed by atoms with Crippen molar-refractivity contribution in [3.63, 3.8) is 0 Å². The number of anilines is 1. The van der Waals surface area contributed by atoms with Gasteiger partial charge in [-0.3, -0.25) is 4.79 Å². The molecule has 2 aromatic carbocycles. The molecule has 0 aromatic heterocycles. The maximum absolute atomic E-state index is 13.0. The van der Waals surface area contributed by atoms with Crippen molar-refractivity contribution in [3.05, 3.63) is 58.4 Å². The number of hydrogen-bond acceptors (Lipinski definition) is 3. The minimum absolute atomic E-state index is 0.0451. The van der Waals surface area contributed by atoms with Gasteiger partial charge in [-0.15, -0.1) is 0 Å². The summed E-state index contributed by atoms with van der Waals surface area (Å²) in [6, 6.07) is 7.65. The lowest BCUT2D eigenvalue weighted by Gasteiger charge is -2.10. The van der Waals surface area contributed by atoms with Gasteiger partial charge in [-0.1, -0.05) is 17.7 Å². The summed E-state index contributed by atoms with van der Waals surface area (Å²) >= 11 is 5.80. The van der Waals surface area contributed by atoms with Crippen molar-refractivity contribution in [3.8, 4) is 0 Å². The molecule has 0 aliphatic heterocycles. The zero-order chi connectivity index (χ0) is 16.5. The molecular formula is C14H12ClFN2O3S. The summed E-state index contributed by atoms with van der Waals surface area (Å²) < 4.78 is 35.9. The first kappa shape index (κ1) is 16.4. The number of hydrogen-bond donors (Lipinski definition) is 2. The summed E-state index contributed by atoms with van der Waals surface area (Å²) in [6.07, 6.45) is 0. The second kappa shape index (κ2) is 6.04. The Morgan fingerprint density at radius 3 is 2.50 bits per heavy atom. The molecule has 0 aliphatic rings. The van der Waals surface area contributed by atoms with E-state index >= 15 is 0 Å². The largest absolute Gasteiger partial charge is 0.322 e. The van der Waals surface area contributed by atoms with Crippen LogP contribution in [0.15, 0.2) is 41.3 Å². The van der Waals surface area contributed by atoms with Gasteiger partial charge >= 0.3 is 0 Å². The molecular weight excluding hydrogens is 331 g/mol. The van der Waals surface area contributed by atoms with Gasteiger partial charge in [-0.25, -0.2) is 17.9 Å². The minimum Gasteiger partial charge on any atom is -0.322 e. The molecule has 22 heavy (non-hydrogen) atoms. The van der Waals surface area contributed by atoms with Crippen LogP contribution in [0, 0.1) is 12.7 Å². The first-order valence-electron chi connectivity index (χ1n) is 6.08. The molecule has 0 saturated heterocycles. The number of carbonyl (C=O) groups is 1. The van der Waals surface area contributed by atoms with Crippen LogP contribution >= 0.6 is 11.6 Å². The highest BCUT2D eigenvalue weighted by molar-refractivity contribution is 7.89. The Kier molecular flexibility index (Phi) is 4.50. The third-order valence-corrected chi connectivity index (χ3v) is 4.29. The van der Waals surface area contributed by atoms with Crippen molar-refractivity contribution in [2.45, 2.75) is 11.8 Å². The normalized spacial score (nSPS) is 11.3. The zero-order valence-corrected chi connectivity index (χ0v) is 13.0. The SMILES string of the molecule is Cc1ccc(NC(=O)c2ccc(F)cc2Cl)cc1S(N)(=O)=O. The fourth-order valence-corrected chi connectivity index (χ4v) is 2.92. The molecule has 2 rings (SSSR count). The third-order valence-electron chi connectivity index (χ3n) is 2.93. The van der Waals surface area contributed by atoms with Crippen LogP contribution < -0.4 is 10.5 Å². The summed E-state index contributed by atoms with van der Waals surface area (Å²) in [5.74, 6) is -1.15. The lowest BCUT2D eigenvalue weighted by Crippen LogP contribution is -2.16. The van der Waals surface area contributed by atoms with Gasteiger partial charge in [0.1, 0.15) is 5.82 Å². The molecule has 0 spiro atoms. The van der Waals surface area contributed by atoms with E-state index in [2.05, 4.69) is 5.32 Å². The Bertz CT molecular complexity index is 853. The predicted molar refractivity (Wildman–Crippen MR) is 81.9 cm³/mol. The van der Waals surface area contributed by atoms with E-state index in [-0.39, 0.29) is 21.2 Å². The zero-order valence-electron chi connectivity index (χ0n) is 11.4. The van der Waals surface area contributed by atoms with Crippen LogP contribution in [-0.4, -0.2) is 14.3 Å². The predicted octanol–water partition coefficient (Wildman–Crippen LogP) is 2.69. The van der Waals surface area contributed by atoms with Crippen LogP contribution in [-0.2, 0) is 10.0 Å². The maximum atomic E-state index is 13.0. The highest BCUT2D eigenvalue weighted by Crippen LogP contribution is 2.22. The molecule has 0 radical (unpaired) electrons. The molecule has 0 fully saturated rings. The van der Waals surface area contributed by atoms with E-state index in [0.29, 0.717) is 5.56 Å². The number of aryl methyl sites for hydroxylation is 1. The van der Waals surface area contributed by atoms with Crippen LogP contribution in [0.4, 0.5) is 10.1 Å². The van der Waals surface area contributed by atoms with Crippen molar-refractivity contribution in [1.82, 2.24) is 0 Å². The van der Waals surface area contributed by atoms with Gasteiger partial charge in [0.25, 0.3) is 5.91 Å². The first-order chi connectivity index (χ1) is 10.2. The Morgan fingerprint density at radius 2 is 1.91 bits per heavy atom. The molecule has 5 nitrogen and oxygen atoms in total. The van der Waals surface area contributed by atoms with Crippen molar-refractivity contribution in [2.75, 3.05) is 5.32 Å². The molecule has 0 unspecified atom stereocenters. The summed E-state index contributed by atoms with van der Waals surface area (Å²) in [5.41, 5.74) is 0.765. The maximum Gasteiger partial charge on any atom is 0.257 e. The van der Waals surface area contributed by atoms with Crippen LogP contribution in [0.2, 0.25) is 5.02 Å². The molecule has 8 heteroatoms. The molecule has 1 amide bonds. The first-order valence-corrected chi connectivity index (χ1v) is 8.01. The van der Waals surface area contributed by atoms with Crippen LogP contribution in [0.3, 0.4) is 0 Å². The lowest BCUT2D eigenvalue weighted by atomic mass is 10.2. The standard InChI is InChI=1S/C14H12ClFN2O3S/c1-8-2-4-10(7-13(8)22(17,20)21)18-14(19)11-5-3-9(16)6-12(11)15/h2-7H,1H3,(H,18,19)(H2,17,20,21). The fraction of sp³-hybridized carbons (Fsp3) is 0.0714. The van der Waals surface area contributed by atoms with E-state index in [9.17, 15) is 17.6 Å². The number of rotatable bonds is 3. The topological polar surface area (TPSA) is 89.3 Å². The minimum atomic E-state index is -3.90. The van der Waals surface area contributed by atoms with Gasteiger partial charge < -0.3 is 5.32 Å². The van der Waals surface area contributed by atoms with Crippen molar-refractivity contribution in [1.29, 1.82) is 0 Å². The highest BCUT2D eigenvalue weighted by Gasteiger charge is 2.15. The number of carbonyl (C=O) groups excluding carboxylic acids is 1. The van der Waals surface area contributed by atoms with Crippen LogP contribution in [0.1, 0.15) is 15.9 Å². The fourth-order valence-electron chi connectivity index (χ4n) is 1.86. The smallest absolute Gasteiger partial charge is 0.257 e. The third kappa shape index (κ3) is 3.62. The second-order valence-corrected chi connectivity index (χ2v) is 6.54. The second-order valence-electron chi connectivity index (χ2n) is 4.60. The molecule has 0 atom stereocenters. The quantitative estimate of drug-likeness (QED) is 0.898. The van der Waals surface area contributed by atoms with E-state index in [0.717, 1.165) is 12.1 Å². The Morgan fingerprint density at radius 1 is 1.23 bits per heavy atom. The van der Waals surface area contributed by atoms with Gasteiger partial charge in [0, 0.05) is 5.69 Å². The number of sulfonamides is 1. The van der Waals surface area contributed by atoms with Crippen LogP contribution in [0.5, 0.6) is 0 Å². The molecule has 0 heterocycles. The van der Waals surface area contributed by atoms with Gasteiger partial charge in [0.15, 0.2) is 0 Å². The Labute approximate surface area is 131 Å². The highest BCUT2D eigenvalue weighted by atomic mass is 35.5. The molecule has 3 N–H and O–H groups in total. The van der Waals surface area contributed by atoms with Crippen molar-refractivity contribution in [2.24, 2.45) is 5.14 Å². The van der Waals surface area contributed by atoms with E-state index < -0.39 is 21.7 Å². The number of benzene rings is 2. The summed E-state index contributed by atoms with van der Waals surface area (Å²) in [5, 5.41) is 7.55. The molecule has 116 valence electrons. The monoisotopic (exact) mass is 342 g/mol. The molecule has 0 saturated carbocycles. The van der Waals surface area contributed by atoms with Gasteiger partial charge in [0.2, 0.25) is 10.0 Å². The van der Waals surface area contributed by atoms with E-state index in [4.69, 9.17) is 16.7 Å². The van der Waals surface area contributed by atoms with Gasteiger partial charge in [0.05, 0.1) is 15.5 Å². The molecule has 0 aliphatic carbocycles.